The molecule has 0 radical (unpaired) electrons. The topological polar surface area (TPSA) is 63.6 Å². The normalized spacial score (nSPS) is 10.2. The van der Waals surface area contributed by atoms with Crippen LogP contribution in [0.25, 0.3) is 5.69 Å². The largest absolute Gasteiger partial charge is 0.365 e. The fourth-order valence-electron chi connectivity index (χ4n) is 1.05. The van der Waals surface area contributed by atoms with Gasteiger partial charge in [0.15, 0.2) is 0 Å². The summed E-state index contributed by atoms with van der Waals surface area (Å²) in [5.74, 6) is 0. The number of aromatic nitrogens is 4. The second kappa shape index (κ2) is 2.85. The van der Waals surface area contributed by atoms with Gasteiger partial charge in [-0.3, -0.25) is 0 Å². The Bertz CT molecular complexity index is 453. The Hall–Kier alpha value is -1.91. The van der Waals surface area contributed by atoms with E-state index in [0.717, 1.165) is 5.56 Å². The van der Waals surface area contributed by atoms with E-state index in [0.29, 0.717) is 5.69 Å². The number of nitrogens with one attached hydrogen (secondary N) is 1. The Morgan fingerprint density at radius 3 is 2.54 bits per heavy atom. The quantitative estimate of drug-likeness (QED) is 0.678. The first-order valence-electron chi connectivity index (χ1n) is 3.85. The first-order chi connectivity index (χ1) is 6.27. The predicted molar refractivity (Wildman–Crippen MR) is 46.7 cm³/mol. The van der Waals surface area contributed by atoms with Crippen molar-refractivity contribution < 1.29 is 0 Å². The summed E-state index contributed by atoms with van der Waals surface area (Å²) in [6, 6.07) is 7.46. The van der Waals surface area contributed by atoms with Gasteiger partial charge in [0.25, 0.3) is 0 Å². The van der Waals surface area contributed by atoms with Gasteiger partial charge in [0.05, 0.1) is 5.69 Å². The lowest BCUT2D eigenvalue weighted by atomic mass is 10.2. The molecule has 0 saturated heterocycles. The first kappa shape index (κ1) is 7.72. The maximum Gasteiger partial charge on any atom is 0.365 e. The Morgan fingerprint density at radius 2 is 2.00 bits per heavy atom. The lowest BCUT2D eigenvalue weighted by Crippen LogP contribution is -2.15. The van der Waals surface area contributed by atoms with E-state index >= 15 is 0 Å². The lowest BCUT2D eigenvalue weighted by Gasteiger charge is -1.97. The van der Waals surface area contributed by atoms with Crippen LogP contribution >= 0.6 is 0 Å². The number of nitrogens with zero attached hydrogens (tertiary/aromatic N) is 3. The van der Waals surface area contributed by atoms with Gasteiger partial charge >= 0.3 is 5.69 Å². The highest BCUT2D eigenvalue weighted by Gasteiger charge is 2.00. The van der Waals surface area contributed by atoms with Gasteiger partial charge in [0.1, 0.15) is 0 Å². The van der Waals surface area contributed by atoms with Gasteiger partial charge < -0.3 is 0 Å². The molecule has 0 aliphatic heterocycles. The molecule has 1 N–H and O–H groups in total. The summed E-state index contributed by atoms with van der Waals surface area (Å²) >= 11 is 0. The zero-order valence-corrected chi connectivity index (χ0v) is 7.06. The molecular formula is C8H8N4O. The Labute approximate surface area is 74.0 Å². The van der Waals surface area contributed by atoms with Crippen molar-refractivity contribution in [3.8, 4) is 5.69 Å². The fourth-order valence-corrected chi connectivity index (χ4v) is 1.05. The van der Waals surface area contributed by atoms with Gasteiger partial charge in [0, 0.05) is 0 Å². The van der Waals surface area contributed by atoms with Crippen LogP contribution in [0, 0.1) is 6.92 Å². The highest BCUT2D eigenvalue weighted by Crippen LogP contribution is 2.04. The number of hydrogen-bond donors (Lipinski definition) is 1. The summed E-state index contributed by atoms with van der Waals surface area (Å²) in [4.78, 5) is 11.1. The third-order valence-corrected chi connectivity index (χ3v) is 1.75. The highest BCUT2D eigenvalue weighted by molar-refractivity contribution is 5.32. The van der Waals surface area contributed by atoms with E-state index in [9.17, 15) is 4.79 Å². The lowest BCUT2D eigenvalue weighted by molar-refractivity contribution is 0.779. The molecule has 0 atom stereocenters. The molecule has 0 amide bonds. The van der Waals surface area contributed by atoms with E-state index in [1.54, 1.807) is 0 Å². The average Bonchev–Trinajstić information content (AvgIpc) is 2.53. The van der Waals surface area contributed by atoms with Crippen LogP contribution in [0.2, 0.25) is 0 Å². The molecule has 0 fully saturated rings. The van der Waals surface area contributed by atoms with E-state index in [1.807, 2.05) is 31.2 Å². The minimum Gasteiger partial charge on any atom is -0.244 e. The molecule has 0 aliphatic carbocycles. The van der Waals surface area contributed by atoms with Crippen molar-refractivity contribution in [3.63, 3.8) is 0 Å². The molecule has 2 aromatic rings. The van der Waals surface area contributed by atoms with Gasteiger partial charge in [-0.05, 0) is 29.5 Å². The number of aromatic amines is 1. The summed E-state index contributed by atoms with van der Waals surface area (Å²) in [6.45, 7) is 1.98. The van der Waals surface area contributed by atoms with E-state index in [2.05, 4.69) is 15.5 Å². The van der Waals surface area contributed by atoms with Crippen molar-refractivity contribution in [1.29, 1.82) is 0 Å². The fraction of sp³-hybridized carbons (Fsp3) is 0.125. The predicted octanol–water partition coefficient (Wildman–Crippen LogP) is 0.264. The van der Waals surface area contributed by atoms with Crippen LogP contribution in [-0.2, 0) is 0 Å². The Kier molecular flexibility index (Phi) is 1.70. The molecule has 5 heteroatoms. The average molecular weight is 176 g/mol. The molecule has 0 bridgehead atoms. The molecule has 1 heterocycles. The number of aryl methyl sites for hydroxylation is 1. The van der Waals surface area contributed by atoms with Gasteiger partial charge in [-0.25, -0.2) is 9.89 Å². The monoisotopic (exact) mass is 176 g/mol. The smallest absolute Gasteiger partial charge is 0.244 e. The molecule has 66 valence electrons. The summed E-state index contributed by atoms with van der Waals surface area (Å²) in [7, 11) is 0. The van der Waals surface area contributed by atoms with E-state index < -0.39 is 0 Å². The van der Waals surface area contributed by atoms with E-state index in [-0.39, 0.29) is 5.69 Å². The molecule has 2 rings (SSSR count). The van der Waals surface area contributed by atoms with Crippen molar-refractivity contribution in [2.75, 3.05) is 0 Å². The molecule has 5 nitrogen and oxygen atoms in total. The summed E-state index contributed by atoms with van der Waals surface area (Å²) in [5, 5.41) is 9.24. The molecule has 1 aromatic heterocycles. The number of hydrogen-bond acceptors (Lipinski definition) is 3. The van der Waals surface area contributed by atoms with Gasteiger partial charge in [-0.2, -0.15) is 4.68 Å². The van der Waals surface area contributed by atoms with Crippen LogP contribution in [0.5, 0.6) is 0 Å². The first-order valence-corrected chi connectivity index (χ1v) is 3.85. The number of benzene rings is 1. The zero-order chi connectivity index (χ0) is 9.26. The third-order valence-electron chi connectivity index (χ3n) is 1.75. The van der Waals surface area contributed by atoms with Crippen molar-refractivity contribution >= 4 is 0 Å². The van der Waals surface area contributed by atoms with Gasteiger partial charge in [0.2, 0.25) is 0 Å². The maximum atomic E-state index is 11.1. The van der Waals surface area contributed by atoms with Gasteiger partial charge in [-0.1, -0.05) is 17.7 Å². The molecule has 1 aromatic carbocycles. The van der Waals surface area contributed by atoms with Crippen LogP contribution in [0.15, 0.2) is 29.1 Å². The third kappa shape index (κ3) is 1.35. The number of tetrazole rings is 1. The van der Waals surface area contributed by atoms with E-state index in [1.165, 1.54) is 4.68 Å². The highest BCUT2D eigenvalue weighted by atomic mass is 16.2. The minimum atomic E-state index is -0.330. The summed E-state index contributed by atoms with van der Waals surface area (Å²) < 4.78 is 1.21. The minimum absolute atomic E-state index is 0.330. The molecular weight excluding hydrogens is 168 g/mol. The number of rotatable bonds is 1. The second-order valence-electron chi connectivity index (χ2n) is 2.75. The molecule has 0 unspecified atom stereocenters. The summed E-state index contributed by atoms with van der Waals surface area (Å²) in [5.41, 5.74) is 1.52. The zero-order valence-electron chi connectivity index (χ0n) is 7.06. The van der Waals surface area contributed by atoms with Gasteiger partial charge in [-0.15, -0.1) is 0 Å². The molecule has 0 saturated carbocycles. The molecule has 13 heavy (non-hydrogen) atoms. The maximum absolute atomic E-state index is 11.1. The van der Waals surface area contributed by atoms with Crippen LogP contribution in [0.4, 0.5) is 0 Å². The van der Waals surface area contributed by atoms with Crippen molar-refractivity contribution in [2.45, 2.75) is 6.92 Å². The van der Waals surface area contributed by atoms with Crippen molar-refractivity contribution in [3.05, 3.63) is 40.3 Å². The molecule has 0 spiro atoms. The van der Waals surface area contributed by atoms with Crippen LogP contribution < -0.4 is 5.69 Å². The Balaban J connectivity index is 2.54. The van der Waals surface area contributed by atoms with Crippen LogP contribution in [0.3, 0.4) is 0 Å². The SMILES string of the molecule is Cc1ccc(-n2nn[nH]c2=O)cc1. The summed E-state index contributed by atoms with van der Waals surface area (Å²) in [6.07, 6.45) is 0. The Morgan fingerprint density at radius 1 is 1.31 bits per heavy atom. The van der Waals surface area contributed by atoms with Crippen LogP contribution in [0.1, 0.15) is 5.56 Å². The standard InChI is InChI=1S/C8H8N4O/c1-6-2-4-7(5-3-6)12-8(13)9-10-11-12/h2-5H,1H3,(H,9,11,13). The molecule has 0 aliphatic rings. The van der Waals surface area contributed by atoms with Crippen molar-refractivity contribution in [2.24, 2.45) is 0 Å². The number of H-pyrrole nitrogens is 1. The van der Waals surface area contributed by atoms with Crippen molar-refractivity contribution in [1.82, 2.24) is 20.2 Å². The van der Waals surface area contributed by atoms with E-state index in [4.69, 9.17) is 0 Å². The van der Waals surface area contributed by atoms with Crippen LogP contribution in [-0.4, -0.2) is 20.2 Å². The second-order valence-corrected chi connectivity index (χ2v) is 2.75.